The molecular weight excluding hydrogens is 202 g/mol. The largest absolute Gasteiger partial charge is 0.373 e. The van der Waals surface area contributed by atoms with Crippen molar-refractivity contribution in [2.45, 2.75) is 38.8 Å². The van der Waals surface area contributed by atoms with E-state index in [2.05, 4.69) is 17.1 Å². The van der Waals surface area contributed by atoms with Gasteiger partial charge in [-0.1, -0.05) is 0 Å². The Bertz CT molecular complexity index is 311. The molecule has 1 saturated heterocycles. The molecule has 1 aliphatic rings. The predicted octanol–water partition coefficient (Wildman–Crippen LogP) is 1.81. The number of ether oxygens (including phenoxy) is 1. The van der Waals surface area contributed by atoms with Gasteiger partial charge in [-0.05, 0) is 38.3 Å². The molecule has 1 atom stereocenters. The average molecular weight is 216 g/mol. The summed E-state index contributed by atoms with van der Waals surface area (Å²) in [6.07, 6.45) is 2.19. The van der Waals surface area contributed by atoms with Gasteiger partial charge in [0.1, 0.15) is 5.82 Å². The second-order valence-electron chi connectivity index (χ2n) is 4.00. The van der Waals surface area contributed by atoms with Gasteiger partial charge in [-0.3, -0.25) is 4.57 Å². The minimum Gasteiger partial charge on any atom is -0.373 e. The van der Waals surface area contributed by atoms with Crippen molar-refractivity contribution in [2.75, 3.05) is 6.61 Å². The second-order valence-corrected chi connectivity index (χ2v) is 4.34. The van der Waals surface area contributed by atoms with E-state index in [4.69, 9.17) is 16.3 Å². The third-order valence-electron chi connectivity index (χ3n) is 2.68. The molecule has 0 saturated carbocycles. The highest BCUT2D eigenvalue weighted by atomic mass is 35.5. The van der Waals surface area contributed by atoms with E-state index in [0.717, 1.165) is 31.8 Å². The molecule has 5 heteroatoms. The molecular formula is C9H14ClN3O. The Morgan fingerprint density at radius 2 is 2.36 bits per heavy atom. The Morgan fingerprint density at radius 1 is 1.57 bits per heavy atom. The maximum atomic E-state index is 5.92. The van der Waals surface area contributed by atoms with Crippen LogP contribution in [-0.4, -0.2) is 27.0 Å². The highest BCUT2D eigenvalue weighted by molar-refractivity contribution is 6.28. The summed E-state index contributed by atoms with van der Waals surface area (Å²) in [6.45, 7) is 5.59. The number of nitrogens with zero attached hydrogens (tertiary/aromatic N) is 3. The SMILES string of the molecule is Cc1nnc(Cl)n1CC1(C)CCCO1. The number of aryl methyl sites for hydroxylation is 1. The topological polar surface area (TPSA) is 39.9 Å². The number of hydrogen-bond donors (Lipinski definition) is 0. The Morgan fingerprint density at radius 3 is 2.86 bits per heavy atom. The minimum atomic E-state index is -0.100. The van der Waals surface area contributed by atoms with Gasteiger partial charge in [0.05, 0.1) is 12.1 Å². The third kappa shape index (κ3) is 1.77. The van der Waals surface area contributed by atoms with Crippen LogP contribution in [0.5, 0.6) is 0 Å². The van der Waals surface area contributed by atoms with Crippen molar-refractivity contribution in [2.24, 2.45) is 0 Å². The maximum Gasteiger partial charge on any atom is 0.225 e. The van der Waals surface area contributed by atoms with Crippen molar-refractivity contribution in [3.8, 4) is 0 Å². The van der Waals surface area contributed by atoms with E-state index in [-0.39, 0.29) is 5.60 Å². The molecule has 2 rings (SSSR count). The summed E-state index contributed by atoms with van der Waals surface area (Å²) >= 11 is 5.92. The standard InChI is InChI=1S/C9H14ClN3O/c1-7-11-12-8(10)13(7)6-9(2)4-3-5-14-9/h3-6H2,1-2H3. The molecule has 0 bridgehead atoms. The summed E-state index contributed by atoms with van der Waals surface area (Å²) in [6, 6.07) is 0. The van der Waals surface area contributed by atoms with Crippen LogP contribution in [0.15, 0.2) is 0 Å². The zero-order valence-electron chi connectivity index (χ0n) is 8.46. The van der Waals surface area contributed by atoms with Gasteiger partial charge in [-0.15, -0.1) is 10.2 Å². The molecule has 1 aromatic heterocycles. The van der Waals surface area contributed by atoms with Gasteiger partial charge >= 0.3 is 0 Å². The second kappa shape index (κ2) is 3.51. The highest BCUT2D eigenvalue weighted by Crippen LogP contribution is 2.28. The Labute approximate surface area is 88.2 Å². The van der Waals surface area contributed by atoms with Gasteiger partial charge in [-0.25, -0.2) is 0 Å². The first-order chi connectivity index (χ1) is 6.61. The fourth-order valence-electron chi connectivity index (χ4n) is 1.83. The molecule has 0 aliphatic carbocycles. The van der Waals surface area contributed by atoms with Crippen LogP contribution in [0.4, 0.5) is 0 Å². The van der Waals surface area contributed by atoms with Crippen LogP contribution in [0.25, 0.3) is 0 Å². The monoisotopic (exact) mass is 215 g/mol. The van der Waals surface area contributed by atoms with Crippen molar-refractivity contribution in [1.82, 2.24) is 14.8 Å². The van der Waals surface area contributed by atoms with Crippen molar-refractivity contribution < 1.29 is 4.74 Å². The summed E-state index contributed by atoms with van der Waals surface area (Å²) in [5.74, 6) is 0.840. The van der Waals surface area contributed by atoms with Crippen molar-refractivity contribution in [3.05, 3.63) is 11.1 Å². The van der Waals surface area contributed by atoms with Gasteiger partial charge in [0.2, 0.25) is 5.28 Å². The summed E-state index contributed by atoms with van der Waals surface area (Å²) in [7, 11) is 0. The molecule has 2 heterocycles. The van der Waals surface area contributed by atoms with E-state index >= 15 is 0 Å². The van der Waals surface area contributed by atoms with Gasteiger partial charge in [0.25, 0.3) is 0 Å². The molecule has 78 valence electrons. The molecule has 0 spiro atoms. The van der Waals surface area contributed by atoms with Crippen LogP contribution in [0.2, 0.25) is 5.28 Å². The van der Waals surface area contributed by atoms with Crippen molar-refractivity contribution in [1.29, 1.82) is 0 Å². The smallest absolute Gasteiger partial charge is 0.225 e. The quantitative estimate of drug-likeness (QED) is 0.756. The predicted molar refractivity (Wildman–Crippen MR) is 53.4 cm³/mol. The summed E-state index contributed by atoms with van der Waals surface area (Å²) in [5, 5.41) is 8.17. The number of halogens is 1. The molecule has 4 nitrogen and oxygen atoms in total. The van der Waals surface area contributed by atoms with Gasteiger partial charge in [-0.2, -0.15) is 0 Å². The Balaban J connectivity index is 2.17. The molecule has 1 unspecified atom stereocenters. The zero-order valence-corrected chi connectivity index (χ0v) is 9.21. The minimum absolute atomic E-state index is 0.100. The molecule has 1 aromatic rings. The first kappa shape index (κ1) is 9.93. The highest BCUT2D eigenvalue weighted by Gasteiger charge is 2.31. The van der Waals surface area contributed by atoms with E-state index in [0.29, 0.717) is 5.28 Å². The van der Waals surface area contributed by atoms with Crippen LogP contribution in [-0.2, 0) is 11.3 Å². The Hall–Kier alpha value is -0.610. The number of rotatable bonds is 2. The van der Waals surface area contributed by atoms with E-state index in [1.807, 2.05) is 11.5 Å². The molecule has 0 amide bonds. The third-order valence-corrected chi connectivity index (χ3v) is 2.96. The molecule has 1 aliphatic heterocycles. The van der Waals surface area contributed by atoms with Gasteiger partial charge in [0.15, 0.2) is 0 Å². The average Bonchev–Trinajstić information content (AvgIpc) is 2.68. The molecule has 0 aromatic carbocycles. The molecule has 14 heavy (non-hydrogen) atoms. The first-order valence-corrected chi connectivity index (χ1v) is 5.18. The van der Waals surface area contributed by atoms with Crippen LogP contribution >= 0.6 is 11.6 Å². The van der Waals surface area contributed by atoms with Crippen LogP contribution in [0.3, 0.4) is 0 Å². The van der Waals surface area contributed by atoms with Crippen molar-refractivity contribution in [3.63, 3.8) is 0 Å². The van der Waals surface area contributed by atoms with Crippen LogP contribution in [0.1, 0.15) is 25.6 Å². The van der Waals surface area contributed by atoms with Crippen LogP contribution in [0, 0.1) is 6.92 Å². The van der Waals surface area contributed by atoms with Crippen LogP contribution < -0.4 is 0 Å². The summed E-state index contributed by atoms with van der Waals surface area (Å²) < 4.78 is 7.58. The summed E-state index contributed by atoms with van der Waals surface area (Å²) in [4.78, 5) is 0. The lowest BCUT2D eigenvalue weighted by Gasteiger charge is -2.24. The fourth-order valence-corrected chi connectivity index (χ4v) is 2.05. The van der Waals surface area contributed by atoms with Gasteiger partial charge < -0.3 is 4.74 Å². The van der Waals surface area contributed by atoms with E-state index in [9.17, 15) is 0 Å². The lowest BCUT2D eigenvalue weighted by Crippen LogP contribution is -2.30. The van der Waals surface area contributed by atoms with Gasteiger partial charge in [0, 0.05) is 6.61 Å². The molecule has 1 fully saturated rings. The Kier molecular flexibility index (Phi) is 2.49. The number of hydrogen-bond acceptors (Lipinski definition) is 3. The van der Waals surface area contributed by atoms with Crippen molar-refractivity contribution >= 4 is 11.6 Å². The summed E-state index contributed by atoms with van der Waals surface area (Å²) in [5.41, 5.74) is -0.100. The normalized spacial score (nSPS) is 27.1. The maximum absolute atomic E-state index is 5.92. The number of aromatic nitrogens is 3. The lowest BCUT2D eigenvalue weighted by molar-refractivity contribution is 0.00578. The first-order valence-electron chi connectivity index (χ1n) is 4.80. The fraction of sp³-hybridized carbons (Fsp3) is 0.778. The molecule has 0 radical (unpaired) electrons. The molecule has 0 N–H and O–H groups in total. The van der Waals surface area contributed by atoms with E-state index in [1.54, 1.807) is 0 Å². The van der Waals surface area contributed by atoms with E-state index in [1.165, 1.54) is 0 Å². The van der Waals surface area contributed by atoms with E-state index < -0.39 is 0 Å². The lowest BCUT2D eigenvalue weighted by atomic mass is 10.0. The zero-order chi connectivity index (χ0) is 10.2.